The first-order valence-electron chi connectivity index (χ1n) is 18.8. The quantitative estimate of drug-likeness (QED) is 0.138. The van der Waals surface area contributed by atoms with Crippen molar-refractivity contribution >= 4 is 35.8 Å². The van der Waals surface area contributed by atoms with E-state index in [-0.39, 0.29) is 49.2 Å². The maximum absolute atomic E-state index is 13.6. The van der Waals surface area contributed by atoms with Crippen LogP contribution >= 0.6 is 0 Å². The Bertz CT molecular complexity index is 1540. The topological polar surface area (TPSA) is 231 Å². The van der Waals surface area contributed by atoms with Crippen LogP contribution in [0.1, 0.15) is 81.6 Å². The number of ether oxygens (including phenoxy) is 7. The smallest absolute Gasteiger partial charge is 0.344 e. The summed E-state index contributed by atoms with van der Waals surface area (Å²) in [6, 6.07) is 0. The van der Waals surface area contributed by atoms with Crippen LogP contribution in [0, 0.1) is 35.0 Å². The maximum Gasteiger partial charge on any atom is 0.344 e. The molecule has 2 aliphatic carbocycles. The van der Waals surface area contributed by atoms with Crippen molar-refractivity contribution in [1.82, 2.24) is 0 Å². The highest BCUT2D eigenvalue weighted by Crippen LogP contribution is 2.62. The Balaban J connectivity index is 1.99. The van der Waals surface area contributed by atoms with Crippen molar-refractivity contribution in [3.63, 3.8) is 0 Å². The molecular formula is C39H56O16. The number of epoxide rings is 1. The molecule has 55 heavy (non-hydrogen) atoms. The van der Waals surface area contributed by atoms with Gasteiger partial charge in [-0.15, -0.1) is 0 Å². The molecule has 11 atom stereocenters. The van der Waals surface area contributed by atoms with E-state index >= 15 is 0 Å². The lowest BCUT2D eigenvalue weighted by Crippen LogP contribution is -2.75. The fourth-order valence-corrected chi connectivity index (χ4v) is 7.92. The van der Waals surface area contributed by atoms with E-state index < -0.39 is 114 Å². The number of carbonyl (C=O) groups is 6. The van der Waals surface area contributed by atoms with Gasteiger partial charge in [0.05, 0.1) is 17.9 Å². The lowest BCUT2D eigenvalue weighted by Gasteiger charge is -2.58. The van der Waals surface area contributed by atoms with Gasteiger partial charge in [0.2, 0.25) is 0 Å². The van der Waals surface area contributed by atoms with Crippen LogP contribution in [0.15, 0.2) is 23.8 Å². The Labute approximate surface area is 320 Å². The van der Waals surface area contributed by atoms with Crippen LogP contribution in [0.3, 0.4) is 0 Å². The predicted molar refractivity (Wildman–Crippen MR) is 189 cm³/mol. The maximum atomic E-state index is 13.6. The second-order valence-electron chi connectivity index (χ2n) is 16.6. The molecule has 1 saturated carbocycles. The molecule has 2 saturated heterocycles. The number of aliphatic hydroxyl groups excluding tert-OH is 2. The molecule has 2 aliphatic heterocycles. The fourth-order valence-electron chi connectivity index (χ4n) is 7.92. The molecule has 4 aliphatic rings. The molecular weight excluding hydrogens is 724 g/mol. The number of rotatable bonds is 13. The zero-order chi connectivity index (χ0) is 41.2. The first-order chi connectivity index (χ1) is 25.6. The Hall–Kier alpha value is -3.86. The van der Waals surface area contributed by atoms with Gasteiger partial charge < -0.3 is 48.5 Å². The number of hydrogen-bond acceptors (Lipinski definition) is 16. The first-order valence-corrected chi connectivity index (χ1v) is 18.8. The van der Waals surface area contributed by atoms with Crippen LogP contribution in [-0.2, 0) is 61.9 Å². The molecule has 3 N–H and O–H groups in total. The third kappa shape index (κ3) is 9.24. The summed E-state index contributed by atoms with van der Waals surface area (Å²) in [5.41, 5.74) is -6.08. The van der Waals surface area contributed by atoms with Crippen LogP contribution in [0.25, 0.3) is 0 Å². The summed E-state index contributed by atoms with van der Waals surface area (Å²) in [7, 11) is 0. The van der Waals surface area contributed by atoms with Crippen LogP contribution in [0.2, 0.25) is 0 Å². The molecule has 3 fully saturated rings. The largest absolute Gasteiger partial charge is 0.461 e. The van der Waals surface area contributed by atoms with Gasteiger partial charge in [0.15, 0.2) is 18.3 Å². The molecule has 4 rings (SSSR count). The molecule has 0 aromatic rings. The van der Waals surface area contributed by atoms with Crippen molar-refractivity contribution in [2.24, 2.45) is 35.0 Å². The average Bonchev–Trinajstić information content (AvgIpc) is 3.83. The monoisotopic (exact) mass is 780 g/mol. The number of hydrogen-bond donors (Lipinski definition) is 3. The van der Waals surface area contributed by atoms with E-state index in [0.717, 1.165) is 6.92 Å². The zero-order valence-electron chi connectivity index (χ0n) is 33.0. The van der Waals surface area contributed by atoms with Crippen molar-refractivity contribution in [3.8, 4) is 0 Å². The minimum atomic E-state index is -2.44. The molecule has 0 radical (unpaired) electrons. The van der Waals surface area contributed by atoms with E-state index in [1.54, 1.807) is 27.7 Å². The third-order valence-electron chi connectivity index (χ3n) is 10.7. The van der Waals surface area contributed by atoms with Gasteiger partial charge in [-0.05, 0) is 42.4 Å². The summed E-state index contributed by atoms with van der Waals surface area (Å²) in [5.74, 6) is -8.12. The van der Waals surface area contributed by atoms with Crippen molar-refractivity contribution in [2.75, 3.05) is 19.8 Å². The molecule has 0 amide bonds. The van der Waals surface area contributed by atoms with E-state index in [9.17, 15) is 44.1 Å². The number of esters is 6. The van der Waals surface area contributed by atoms with Gasteiger partial charge in [0.25, 0.3) is 0 Å². The Kier molecular flexibility index (Phi) is 13.6. The Morgan fingerprint density at radius 2 is 1.42 bits per heavy atom. The SMILES string of the molecule is CC(=O)O[C@H]1[C@H]2[C@@]3(CO3)[C@H](O)[C@H](O)[C@H](OC(=O)CC(C)C)[C@]2(C)[C@H](OC(=O)COC(=O)CC(C)C)/C=C\C(COC(=O)CC(C)C)=C/[C@@H]2OC(=O)[C@H](C)[C@]21O. The van der Waals surface area contributed by atoms with E-state index in [0.29, 0.717) is 0 Å². The van der Waals surface area contributed by atoms with Gasteiger partial charge in [0.1, 0.15) is 42.7 Å². The zero-order valence-corrected chi connectivity index (χ0v) is 33.0. The molecule has 0 unspecified atom stereocenters. The van der Waals surface area contributed by atoms with E-state index in [1.807, 2.05) is 13.8 Å². The van der Waals surface area contributed by atoms with E-state index in [2.05, 4.69) is 0 Å². The number of fused-ring (bicyclic) bond motifs is 3. The van der Waals surface area contributed by atoms with Gasteiger partial charge in [0, 0.05) is 32.1 Å². The summed E-state index contributed by atoms with van der Waals surface area (Å²) in [6.45, 7) is 13.1. The van der Waals surface area contributed by atoms with Gasteiger partial charge in [-0.3, -0.25) is 24.0 Å². The molecule has 308 valence electrons. The van der Waals surface area contributed by atoms with Crippen LogP contribution in [-0.4, -0.2) is 119 Å². The lowest BCUT2D eigenvalue weighted by atomic mass is 9.51. The Morgan fingerprint density at radius 3 is 1.96 bits per heavy atom. The van der Waals surface area contributed by atoms with Crippen molar-refractivity contribution < 1.29 is 77.2 Å². The molecule has 0 bridgehead atoms. The second kappa shape index (κ2) is 17.1. The van der Waals surface area contributed by atoms with Gasteiger partial charge in [-0.2, -0.15) is 0 Å². The van der Waals surface area contributed by atoms with Gasteiger partial charge in [-0.1, -0.05) is 54.5 Å². The summed E-state index contributed by atoms with van der Waals surface area (Å²) < 4.78 is 40.2. The molecule has 16 heteroatoms. The third-order valence-corrected chi connectivity index (χ3v) is 10.7. The normalized spacial score (nSPS) is 36.9. The van der Waals surface area contributed by atoms with Crippen molar-refractivity contribution in [1.29, 1.82) is 0 Å². The molecule has 0 aromatic heterocycles. The summed E-state index contributed by atoms with van der Waals surface area (Å²) >= 11 is 0. The summed E-state index contributed by atoms with van der Waals surface area (Å²) in [6.07, 6.45) is -6.42. The van der Waals surface area contributed by atoms with Crippen LogP contribution in [0.5, 0.6) is 0 Å². The van der Waals surface area contributed by atoms with Crippen molar-refractivity contribution in [3.05, 3.63) is 23.8 Å². The average molecular weight is 781 g/mol. The number of carbonyl (C=O) groups excluding carboxylic acids is 6. The predicted octanol–water partition coefficient (Wildman–Crippen LogP) is 1.88. The molecule has 16 nitrogen and oxygen atoms in total. The molecule has 1 spiro atoms. The van der Waals surface area contributed by atoms with Gasteiger partial charge in [-0.25, -0.2) is 4.79 Å². The van der Waals surface area contributed by atoms with Gasteiger partial charge >= 0.3 is 35.8 Å². The molecule has 2 heterocycles. The van der Waals surface area contributed by atoms with Crippen LogP contribution < -0.4 is 0 Å². The lowest BCUT2D eigenvalue weighted by molar-refractivity contribution is -0.274. The number of aliphatic hydroxyl groups is 3. The second-order valence-corrected chi connectivity index (χ2v) is 16.6. The van der Waals surface area contributed by atoms with E-state index in [4.69, 9.17) is 33.2 Å². The minimum absolute atomic E-state index is 0.0146. The molecule has 0 aromatic carbocycles. The van der Waals surface area contributed by atoms with Crippen LogP contribution in [0.4, 0.5) is 0 Å². The van der Waals surface area contributed by atoms with Crippen molar-refractivity contribution in [2.45, 2.75) is 129 Å². The summed E-state index contributed by atoms with van der Waals surface area (Å²) in [5, 5.41) is 36.4. The Morgan fingerprint density at radius 1 is 0.855 bits per heavy atom. The first kappa shape index (κ1) is 43.9. The van der Waals surface area contributed by atoms with E-state index in [1.165, 1.54) is 32.1 Å². The highest BCUT2D eigenvalue weighted by Gasteiger charge is 2.79. The minimum Gasteiger partial charge on any atom is -0.461 e. The standard InChI is InChI=1S/C39H56O16/c1-19(2)12-27(41)49-16-24-10-11-25(53-30(44)17-50-28(42)13-20(3)4)37(9)32(35(52-23(8)40)39(48)22(7)36(47)54-26(39)15-24)38(18-51-38)33(46)31(45)34(37)55-29(43)14-21(5)6/h10-11,15,19-22,25-26,31-35,45-46,48H,12-14,16-18H2,1-9H3/b11-10-,24-15+/t22-,25+,26-,31-,32+,33+,34-,35-,37+,38-,39-/m0/s1. The summed E-state index contributed by atoms with van der Waals surface area (Å²) in [4.78, 5) is 78.5. The highest BCUT2D eigenvalue weighted by molar-refractivity contribution is 5.78. The fraction of sp³-hybridized carbons (Fsp3) is 0.744. The highest BCUT2D eigenvalue weighted by atomic mass is 16.6.